The minimum absolute atomic E-state index is 0.135. The Labute approximate surface area is 183 Å². The molecule has 0 atom stereocenters. The topological polar surface area (TPSA) is 101 Å². The number of carbonyl (C=O) groups is 1. The molecule has 154 valence electrons. The summed E-state index contributed by atoms with van der Waals surface area (Å²) in [4.78, 5) is 13.5. The van der Waals surface area contributed by atoms with E-state index in [0.717, 1.165) is 10.7 Å². The summed E-state index contributed by atoms with van der Waals surface area (Å²) in [5.41, 5.74) is 1.54. The Morgan fingerprint density at radius 1 is 1.30 bits per heavy atom. The fourth-order valence-electron chi connectivity index (χ4n) is 2.59. The first kappa shape index (κ1) is 21.7. The lowest BCUT2D eigenvalue weighted by Gasteiger charge is -2.08. The zero-order chi connectivity index (χ0) is 21.5. The third-order valence-corrected chi connectivity index (χ3v) is 6.12. The smallest absolute Gasteiger partial charge is 0.236 e. The summed E-state index contributed by atoms with van der Waals surface area (Å²) < 4.78 is 3.42. The fourth-order valence-corrected chi connectivity index (χ4v) is 4.20. The van der Waals surface area contributed by atoms with E-state index in [1.54, 1.807) is 24.9 Å². The van der Waals surface area contributed by atoms with Gasteiger partial charge in [0.05, 0.1) is 17.7 Å². The van der Waals surface area contributed by atoms with Crippen LogP contribution in [0.2, 0.25) is 0 Å². The van der Waals surface area contributed by atoms with E-state index in [-0.39, 0.29) is 11.7 Å². The minimum Gasteiger partial charge on any atom is -0.309 e. The standard InChI is InChI=1S/C20H21N7OS2/c1-4-9-27-17(12-29-16-7-5-14(2)6-8-16)24-25-20(27)30-13-18(28)23-19-15(10-21)11-22-26(19)3/h4-8,11H,1,9,12-13H2,2-3H3,(H,23,28). The molecule has 0 unspecified atom stereocenters. The van der Waals surface area contributed by atoms with Crippen LogP contribution in [0, 0.1) is 18.3 Å². The Balaban J connectivity index is 1.63. The summed E-state index contributed by atoms with van der Waals surface area (Å²) in [5, 5.41) is 25.0. The third-order valence-electron chi connectivity index (χ3n) is 4.14. The number of thioether (sulfide) groups is 2. The summed E-state index contributed by atoms with van der Waals surface area (Å²) in [5.74, 6) is 1.75. The monoisotopic (exact) mass is 439 g/mol. The molecule has 3 rings (SSSR count). The van der Waals surface area contributed by atoms with E-state index in [0.29, 0.717) is 28.8 Å². The first-order valence-electron chi connectivity index (χ1n) is 9.09. The van der Waals surface area contributed by atoms with Crippen LogP contribution in [-0.2, 0) is 24.1 Å². The molecule has 30 heavy (non-hydrogen) atoms. The van der Waals surface area contributed by atoms with Crippen molar-refractivity contribution in [1.29, 1.82) is 5.26 Å². The van der Waals surface area contributed by atoms with Crippen molar-refractivity contribution in [2.24, 2.45) is 7.05 Å². The predicted octanol–water partition coefficient (Wildman–Crippen LogP) is 3.40. The van der Waals surface area contributed by atoms with Gasteiger partial charge < -0.3 is 9.88 Å². The average Bonchev–Trinajstić information content (AvgIpc) is 3.29. The molecule has 1 N–H and O–H groups in total. The molecule has 0 aliphatic carbocycles. The number of nitrogens with one attached hydrogen (secondary N) is 1. The second-order valence-corrected chi connectivity index (χ2v) is 8.37. The van der Waals surface area contributed by atoms with Crippen molar-refractivity contribution in [3.63, 3.8) is 0 Å². The molecule has 1 aromatic carbocycles. The van der Waals surface area contributed by atoms with Crippen molar-refractivity contribution < 1.29 is 4.79 Å². The van der Waals surface area contributed by atoms with Gasteiger partial charge in [-0.2, -0.15) is 10.4 Å². The molecule has 2 heterocycles. The first-order chi connectivity index (χ1) is 14.5. The second kappa shape index (κ2) is 10.1. The van der Waals surface area contributed by atoms with E-state index in [9.17, 15) is 4.79 Å². The SMILES string of the molecule is C=CCn1c(CSc2ccc(C)cc2)nnc1SCC(=O)Nc1c(C#N)cnn1C. The van der Waals surface area contributed by atoms with Crippen LogP contribution in [0.3, 0.4) is 0 Å². The number of amides is 1. The number of rotatable bonds is 9. The number of nitrogens with zero attached hydrogens (tertiary/aromatic N) is 6. The number of aryl methyl sites for hydroxylation is 2. The third kappa shape index (κ3) is 5.31. The van der Waals surface area contributed by atoms with Crippen LogP contribution in [0.4, 0.5) is 5.82 Å². The van der Waals surface area contributed by atoms with E-state index < -0.39 is 0 Å². The molecule has 3 aromatic rings. The molecule has 0 aliphatic rings. The Hall–Kier alpha value is -3.03. The maximum atomic E-state index is 12.4. The molecular weight excluding hydrogens is 418 g/mol. The number of hydrogen-bond acceptors (Lipinski definition) is 7. The van der Waals surface area contributed by atoms with Gasteiger partial charge >= 0.3 is 0 Å². The Bertz CT molecular complexity index is 1080. The maximum absolute atomic E-state index is 12.4. The Morgan fingerprint density at radius 2 is 2.07 bits per heavy atom. The van der Waals surface area contributed by atoms with Crippen LogP contribution >= 0.6 is 23.5 Å². The number of aromatic nitrogens is 5. The van der Waals surface area contributed by atoms with Gasteiger partial charge in [-0.3, -0.25) is 9.48 Å². The summed E-state index contributed by atoms with van der Waals surface area (Å²) in [6.07, 6.45) is 3.20. The van der Waals surface area contributed by atoms with Crippen LogP contribution in [0.15, 0.2) is 53.2 Å². The van der Waals surface area contributed by atoms with Gasteiger partial charge in [-0.15, -0.1) is 28.5 Å². The van der Waals surface area contributed by atoms with Gasteiger partial charge in [0, 0.05) is 18.5 Å². The van der Waals surface area contributed by atoms with Crippen molar-refractivity contribution >= 4 is 35.2 Å². The van der Waals surface area contributed by atoms with Crippen LogP contribution in [-0.4, -0.2) is 36.2 Å². The molecule has 0 aliphatic heterocycles. The highest BCUT2D eigenvalue weighted by Crippen LogP contribution is 2.25. The normalized spacial score (nSPS) is 10.6. The van der Waals surface area contributed by atoms with Gasteiger partial charge in [0.1, 0.15) is 23.3 Å². The number of carbonyl (C=O) groups excluding carboxylic acids is 1. The molecule has 2 aromatic heterocycles. The number of nitriles is 1. The molecule has 8 nitrogen and oxygen atoms in total. The molecule has 0 bridgehead atoms. The van der Waals surface area contributed by atoms with Crippen LogP contribution in [0.1, 0.15) is 17.0 Å². The fraction of sp³-hybridized carbons (Fsp3) is 0.250. The van der Waals surface area contributed by atoms with Crippen molar-refractivity contribution in [3.05, 3.63) is 60.1 Å². The van der Waals surface area contributed by atoms with Crippen molar-refractivity contribution in [3.8, 4) is 6.07 Å². The lowest BCUT2D eigenvalue weighted by molar-refractivity contribution is -0.113. The van der Waals surface area contributed by atoms with Crippen LogP contribution in [0.5, 0.6) is 0 Å². The lowest BCUT2D eigenvalue weighted by Crippen LogP contribution is -2.17. The zero-order valence-corrected chi connectivity index (χ0v) is 18.3. The van der Waals surface area contributed by atoms with Gasteiger partial charge in [0.15, 0.2) is 5.16 Å². The zero-order valence-electron chi connectivity index (χ0n) is 16.7. The molecular formula is C20H21N7OS2. The highest BCUT2D eigenvalue weighted by Gasteiger charge is 2.16. The summed E-state index contributed by atoms with van der Waals surface area (Å²) in [6.45, 7) is 6.42. The quantitative estimate of drug-likeness (QED) is 0.403. The van der Waals surface area contributed by atoms with Crippen LogP contribution in [0.25, 0.3) is 0 Å². The van der Waals surface area contributed by atoms with E-state index in [1.807, 2.05) is 10.6 Å². The number of anilines is 1. The van der Waals surface area contributed by atoms with Gasteiger partial charge in [-0.1, -0.05) is 35.5 Å². The lowest BCUT2D eigenvalue weighted by atomic mass is 10.2. The maximum Gasteiger partial charge on any atom is 0.236 e. The molecule has 0 saturated heterocycles. The summed E-state index contributed by atoms with van der Waals surface area (Å²) in [6, 6.07) is 10.3. The average molecular weight is 440 g/mol. The number of benzene rings is 1. The molecule has 0 spiro atoms. The Kier molecular flexibility index (Phi) is 7.32. The van der Waals surface area contributed by atoms with E-state index >= 15 is 0 Å². The van der Waals surface area contributed by atoms with Crippen molar-refractivity contribution in [1.82, 2.24) is 24.5 Å². The number of hydrogen-bond donors (Lipinski definition) is 1. The first-order valence-corrected chi connectivity index (χ1v) is 11.1. The van der Waals surface area contributed by atoms with Gasteiger partial charge in [-0.25, -0.2) is 0 Å². The highest BCUT2D eigenvalue weighted by atomic mass is 32.2. The van der Waals surface area contributed by atoms with Gasteiger partial charge in [0.25, 0.3) is 0 Å². The summed E-state index contributed by atoms with van der Waals surface area (Å²) >= 11 is 2.97. The molecule has 1 amide bonds. The molecule has 0 saturated carbocycles. The van der Waals surface area contributed by atoms with Crippen molar-refractivity contribution in [2.75, 3.05) is 11.1 Å². The van der Waals surface area contributed by atoms with E-state index in [2.05, 4.69) is 58.4 Å². The van der Waals surface area contributed by atoms with Gasteiger partial charge in [0.2, 0.25) is 5.91 Å². The largest absolute Gasteiger partial charge is 0.309 e. The predicted molar refractivity (Wildman–Crippen MR) is 118 cm³/mol. The second-order valence-electron chi connectivity index (χ2n) is 6.38. The van der Waals surface area contributed by atoms with E-state index in [4.69, 9.17) is 5.26 Å². The molecule has 0 radical (unpaired) electrons. The van der Waals surface area contributed by atoms with Crippen molar-refractivity contribution in [2.45, 2.75) is 29.3 Å². The minimum atomic E-state index is -0.246. The van der Waals surface area contributed by atoms with Gasteiger partial charge in [-0.05, 0) is 19.1 Å². The summed E-state index contributed by atoms with van der Waals surface area (Å²) in [7, 11) is 1.67. The van der Waals surface area contributed by atoms with Crippen LogP contribution < -0.4 is 5.32 Å². The van der Waals surface area contributed by atoms with E-state index in [1.165, 1.54) is 28.2 Å². The highest BCUT2D eigenvalue weighted by molar-refractivity contribution is 7.99. The Morgan fingerprint density at radius 3 is 2.77 bits per heavy atom. The molecule has 10 heteroatoms. The molecule has 0 fully saturated rings. The number of allylic oxidation sites excluding steroid dienone is 1.